The van der Waals surface area contributed by atoms with Crippen LogP contribution in [0, 0.1) is 0 Å². The molecule has 0 aliphatic heterocycles. The molecule has 3 aromatic rings. The third kappa shape index (κ3) is 14.6. The molecule has 2 heterocycles. The van der Waals surface area contributed by atoms with Crippen molar-refractivity contribution in [3.8, 4) is 0 Å². The molecule has 2 aromatic heterocycles. The molecule has 11 nitrogen and oxygen atoms in total. The van der Waals surface area contributed by atoms with Gasteiger partial charge in [0.1, 0.15) is 0 Å². The molecule has 0 saturated heterocycles. The summed E-state index contributed by atoms with van der Waals surface area (Å²) in [5.74, 6) is -3.62. The second-order valence-electron chi connectivity index (χ2n) is 5.84. The first kappa shape index (κ1) is 29.0. The van der Waals surface area contributed by atoms with Gasteiger partial charge in [0.05, 0.1) is 36.0 Å². The van der Waals surface area contributed by atoms with Crippen LogP contribution in [0.2, 0.25) is 0 Å². The summed E-state index contributed by atoms with van der Waals surface area (Å²) in [6.07, 6.45) is 9.52. The summed E-state index contributed by atoms with van der Waals surface area (Å²) in [5.41, 5.74) is 1.97. The Labute approximate surface area is 199 Å². The molecule has 0 spiro atoms. The topological polar surface area (TPSA) is 195 Å². The number of H-pyrrole nitrogens is 2. The molecule has 0 fully saturated rings. The van der Waals surface area contributed by atoms with Gasteiger partial charge in [0.2, 0.25) is 0 Å². The summed E-state index contributed by atoms with van der Waals surface area (Å²) in [7, 11) is 0. The Hall–Kier alpha value is -3.99. The van der Waals surface area contributed by atoms with E-state index in [4.69, 9.17) is 10.2 Å². The van der Waals surface area contributed by atoms with Crippen LogP contribution in [-0.2, 0) is 20.8 Å². The fourth-order valence-electron chi connectivity index (χ4n) is 1.96. The van der Waals surface area contributed by atoms with Crippen molar-refractivity contribution >= 4 is 47.1 Å². The van der Waals surface area contributed by atoms with Gasteiger partial charge in [-0.15, -0.1) is 0 Å². The molecule has 4 radical (unpaired) electrons. The number of benzene rings is 1. The van der Waals surface area contributed by atoms with Crippen LogP contribution in [-0.4, -0.2) is 71.2 Å². The first-order valence-corrected chi connectivity index (χ1v) is 8.98. The third-order valence-electron chi connectivity index (χ3n) is 3.38. The zero-order valence-electron chi connectivity index (χ0n) is 17.0. The van der Waals surface area contributed by atoms with Crippen molar-refractivity contribution in [3.05, 3.63) is 84.5 Å². The maximum Gasteiger partial charge on any atom is 2.00 e. The molecule has 0 saturated carbocycles. The van der Waals surface area contributed by atoms with Gasteiger partial charge >= 0.3 is 23.0 Å². The number of nitrogens with zero attached hydrogens (tertiary/aromatic N) is 2. The number of hydrogen-bond donors (Lipinski definition) is 4. The number of aromatic nitrogens is 4. The van der Waals surface area contributed by atoms with E-state index in [9.17, 15) is 24.6 Å². The van der Waals surface area contributed by atoms with Crippen molar-refractivity contribution in [3.63, 3.8) is 0 Å². The molecule has 0 aliphatic carbocycles. The maximum absolute atomic E-state index is 10.3. The molecule has 1 atom stereocenters. The predicted octanol–water partition coefficient (Wildman–Crippen LogP) is -1.36. The molecule has 4 N–H and O–H groups in total. The zero-order valence-corrected chi connectivity index (χ0v) is 18.7. The van der Waals surface area contributed by atoms with Gasteiger partial charge in [-0.25, -0.2) is 14.8 Å². The standard InChI is InChI=1S/C9H10O3.2C6H6N2O2.Se/c10-8(9(11)12)6-7-4-2-1-3-5-7;2*9-6(10)2-1-5-3-7-4-8-5;/h1-5,8,10H,6H2,(H,11,12);2*1-4H,(H,7,8)(H,9,10);/q;;;+2/p-2. The maximum atomic E-state index is 10.3. The van der Waals surface area contributed by atoms with Gasteiger partial charge in [-0.1, -0.05) is 30.3 Å². The van der Waals surface area contributed by atoms with Crippen LogP contribution in [0.5, 0.6) is 0 Å². The number of aromatic amines is 2. The van der Waals surface area contributed by atoms with E-state index in [0.29, 0.717) is 11.4 Å². The Balaban J connectivity index is 0.000000461. The number of carboxylic acid groups (broad SMARTS) is 3. The van der Waals surface area contributed by atoms with E-state index in [2.05, 4.69) is 19.9 Å². The molecule has 33 heavy (non-hydrogen) atoms. The minimum Gasteiger partial charge on any atom is -0.545 e. The number of carbonyl (C=O) groups excluding carboxylic acids is 2. The molecular formula is C21H20N4O7Se. The quantitative estimate of drug-likeness (QED) is 0.215. The summed E-state index contributed by atoms with van der Waals surface area (Å²) < 4.78 is 0. The Kier molecular flexibility index (Phi) is 14.7. The molecule has 1 aromatic carbocycles. The van der Waals surface area contributed by atoms with Gasteiger partial charge in [0.15, 0.2) is 6.10 Å². The normalized spacial score (nSPS) is 10.8. The Morgan fingerprint density at radius 2 is 1.36 bits per heavy atom. The number of nitrogens with one attached hydrogen (secondary N) is 2. The van der Waals surface area contributed by atoms with Gasteiger partial charge in [-0.3, -0.25) is 0 Å². The van der Waals surface area contributed by atoms with Crippen molar-refractivity contribution in [1.29, 1.82) is 0 Å². The van der Waals surface area contributed by atoms with Crippen molar-refractivity contribution in [2.75, 3.05) is 0 Å². The number of carboxylic acids is 3. The number of rotatable bonds is 7. The number of hydrogen-bond acceptors (Lipinski definition) is 8. The van der Waals surface area contributed by atoms with Crippen molar-refractivity contribution in [2.45, 2.75) is 12.5 Å². The summed E-state index contributed by atoms with van der Waals surface area (Å²) in [5, 5.41) is 37.1. The van der Waals surface area contributed by atoms with E-state index in [1.54, 1.807) is 24.5 Å². The molecule has 0 amide bonds. The molecule has 0 bridgehead atoms. The van der Waals surface area contributed by atoms with Crippen LogP contribution in [0.1, 0.15) is 17.0 Å². The van der Waals surface area contributed by atoms with Crippen molar-refractivity contribution in [2.24, 2.45) is 0 Å². The SMILES string of the molecule is O=C(O)C(O)Cc1ccccc1.O=C([O-])C=Cc1c[nH]cn1.O=C([O-])C=Cc1c[nH]cn1.[Se+2]. The van der Waals surface area contributed by atoms with Gasteiger partial charge in [-0.2, -0.15) is 0 Å². The van der Waals surface area contributed by atoms with Crippen molar-refractivity contribution < 1.29 is 34.8 Å². The predicted molar refractivity (Wildman–Crippen MR) is 115 cm³/mol. The largest absolute Gasteiger partial charge is 2.00 e. The first-order chi connectivity index (χ1) is 15.3. The molecule has 0 aliphatic rings. The molecule has 172 valence electrons. The molecule has 3 rings (SSSR count). The Bertz CT molecular complexity index is 950. The van der Waals surface area contributed by atoms with Gasteiger partial charge < -0.3 is 40.0 Å². The minimum atomic E-state index is -1.30. The fourth-order valence-corrected chi connectivity index (χ4v) is 1.96. The summed E-state index contributed by atoms with van der Waals surface area (Å²) in [4.78, 5) is 42.8. The third-order valence-corrected chi connectivity index (χ3v) is 3.38. The van der Waals surface area contributed by atoms with Crippen LogP contribution in [0.4, 0.5) is 0 Å². The summed E-state index contributed by atoms with van der Waals surface area (Å²) in [6.45, 7) is 0. The first-order valence-electron chi connectivity index (χ1n) is 8.98. The Morgan fingerprint density at radius 1 is 0.909 bits per heavy atom. The molecular weight excluding hydrogens is 499 g/mol. The Morgan fingerprint density at radius 3 is 1.70 bits per heavy atom. The number of aliphatic hydroxyl groups is 1. The average Bonchev–Trinajstić information content (AvgIpc) is 3.46. The zero-order chi connectivity index (χ0) is 23.8. The van der Waals surface area contributed by atoms with E-state index in [1.165, 1.54) is 24.8 Å². The van der Waals surface area contributed by atoms with Crippen molar-refractivity contribution in [1.82, 2.24) is 19.9 Å². The second kappa shape index (κ2) is 16.7. The minimum absolute atomic E-state index is 0. The van der Waals surface area contributed by atoms with Crippen LogP contribution < -0.4 is 10.2 Å². The van der Waals surface area contributed by atoms with Crippen LogP contribution >= 0.6 is 0 Å². The number of aliphatic hydroxyl groups excluding tert-OH is 1. The molecule has 12 heteroatoms. The smallest absolute Gasteiger partial charge is 0.545 e. The van der Waals surface area contributed by atoms with Crippen LogP contribution in [0.15, 0.2) is 67.5 Å². The monoisotopic (exact) mass is 520 g/mol. The summed E-state index contributed by atoms with van der Waals surface area (Å²) >= 11 is 0. The van der Waals surface area contributed by atoms with E-state index in [-0.39, 0.29) is 23.5 Å². The number of aliphatic carboxylic acids is 3. The second-order valence-corrected chi connectivity index (χ2v) is 5.84. The number of carbonyl (C=O) groups is 3. The van der Waals surface area contributed by atoms with E-state index in [1.807, 2.05) is 18.2 Å². The number of imidazole rings is 2. The summed E-state index contributed by atoms with van der Waals surface area (Å²) in [6, 6.07) is 9.03. The van der Waals surface area contributed by atoms with E-state index in [0.717, 1.165) is 17.7 Å². The van der Waals surface area contributed by atoms with Gasteiger partial charge in [0.25, 0.3) is 0 Å². The fraction of sp³-hybridized carbons (Fsp3) is 0.0952. The van der Waals surface area contributed by atoms with E-state index < -0.39 is 24.0 Å². The van der Waals surface area contributed by atoms with Gasteiger partial charge in [-0.05, 0) is 29.9 Å². The van der Waals surface area contributed by atoms with Gasteiger partial charge in [0, 0.05) is 18.8 Å². The van der Waals surface area contributed by atoms with Crippen LogP contribution in [0.3, 0.4) is 0 Å². The molecule has 1 unspecified atom stereocenters. The average molecular weight is 519 g/mol. The van der Waals surface area contributed by atoms with Crippen LogP contribution in [0.25, 0.3) is 12.2 Å². The van der Waals surface area contributed by atoms with E-state index >= 15 is 0 Å².